The second kappa shape index (κ2) is 5.68. The van der Waals surface area contributed by atoms with Crippen LogP contribution >= 0.6 is 23.1 Å². The van der Waals surface area contributed by atoms with Crippen LogP contribution in [0.4, 0.5) is 0 Å². The number of quaternary nitrogens is 1. The fourth-order valence-electron chi connectivity index (χ4n) is 3.96. The van der Waals surface area contributed by atoms with Gasteiger partial charge in [0, 0.05) is 30.1 Å². The lowest BCUT2D eigenvalue weighted by atomic mass is 9.71. The van der Waals surface area contributed by atoms with E-state index in [0.29, 0.717) is 5.92 Å². The van der Waals surface area contributed by atoms with Gasteiger partial charge in [-0.15, -0.1) is 23.1 Å². The van der Waals surface area contributed by atoms with Crippen LogP contribution < -0.4 is 4.90 Å². The predicted octanol–water partition coefficient (Wildman–Crippen LogP) is 2.51. The van der Waals surface area contributed by atoms with Gasteiger partial charge in [-0.25, -0.2) is 0 Å². The standard InChI is InChI=1S/C18H21NOS2/c1-19-9-6-14(7-10-19)18(20)15-5-3-2-4-13(15)12-22-17-16(18)8-11-21-17/h2-5,8,11,14,20H,6-7,9-10,12H2,1H3/p+1/t18-/m0/s1. The molecule has 0 aliphatic carbocycles. The monoisotopic (exact) mass is 332 g/mol. The molecule has 2 nitrogen and oxygen atoms in total. The van der Waals surface area contributed by atoms with Gasteiger partial charge in [0.2, 0.25) is 0 Å². The van der Waals surface area contributed by atoms with Crippen LogP contribution in [0.15, 0.2) is 39.9 Å². The average Bonchev–Trinajstić information content (AvgIpc) is 2.98. The zero-order valence-electron chi connectivity index (χ0n) is 12.8. The van der Waals surface area contributed by atoms with Gasteiger partial charge in [-0.05, 0) is 22.6 Å². The van der Waals surface area contributed by atoms with E-state index in [1.165, 1.54) is 9.77 Å². The topological polar surface area (TPSA) is 24.7 Å². The van der Waals surface area contributed by atoms with Crippen LogP contribution in [0.5, 0.6) is 0 Å². The van der Waals surface area contributed by atoms with Crippen molar-refractivity contribution in [3.63, 3.8) is 0 Å². The Bertz CT molecular complexity index is 675. The van der Waals surface area contributed by atoms with Crippen molar-refractivity contribution in [1.82, 2.24) is 0 Å². The molecular formula is C18H22NOS2+. The van der Waals surface area contributed by atoms with Crippen LogP contribution in [0, 0.1) is 5.92 Å². The van der Waals surface area contributed by atoms with Gasteiger partial charge in [-0.2, -0.15) is 0 Å². The fraction of sp³-hybridized carbons (Fsp3) is 0.444. The smallest absolute Gasteiger partial charge is 0.120 e. The third-order valence-corrected chi connectivity index (χ3v) is 7.54. The maximum absolute atomic E-state index is 11.9. The van der Waals surface area contributed by atoms with Crippen LogP contribution in [0.1, 0.15) is 29.5 Å². The molecule has 22 heavy (non-hydrogen) atoms. The first-order valence-corrected chi connectivity index (χ1v) is 9.89. The summed E-state index contributed by atoms with van der Waals surface area (Å²) in [5.74, 6) is 1.29. The first-order chi connectivity index (χ1) is 10.7. The molecule has 4 heteroatoms. The third-order valence-electron chi connectivity index (χ3n) is 5.26. The number of hydrogen-bond acceptors (Lipinski definition) is 3. The predicted molar refractivity (Wildman–Crippen MR) is 92.7 cm³/mol. The van der Waals surface area contributed by atoms with E-state index in [0.717, 1.165) is 42.8 Å². The van der Waals surface area contributed by atoms with E-state index in [1.54, 1.807) is 16.2 Å². The first-order valence-electron chi connectivity index (χ1n) is 8.02. The summed E-state index contributed by atoms with van der Waals surface area (Å²) in [6.45, 7) is 2.31. The van der Waals surface area contributed by atoms with E-state index in [4.69, 9.17) is 0 Å². The van der Waals surface area contributed by atoms with E-state index in [9.17, 15) is 5.11 Å². The Balaban J connectivity index is 1.86. The van der Waals surface area contributed by atoms with Gasteiger partial charge in [-0.1, -0.05) is 24.3 Å². The molecule has 0 bridgehead atoms. The number of thioether (sulfide) groups is 1. The number of thiophene rings is 1. The summed E-state index contributed by atoms with van der Waals surface area (Å²) in [6.07, 6.45) is 2.19. The highest BCUT2D eigenvalue weighted by Gasteiger charge is 2.46. The SMILES string of the molecule is C[NH+]1CCC([C@]2(O)c3ccccc3CSc3sccc32)CC1. The first kappa shape index (κ1) is 14.8. The maximum atomic E-state index is 11.9. The van der Waals surface area contributed by atoms with Crippen LogP contribution in [-0.4, -0.2) is 25.2 Å². The Hall–Kier alpha value is -0.810. The van der Waals surface area contributed by atoms with E-state index in [-0.39, 0.29) is 0 Å². The van der Waals surface area contributed by atoms with Gasteiger partial charge in [0.05, 0.1) is 24.3 Å². The Morgan fingerprint density at radius 3 is 2.73 bits per heavy atom. The summed E-state index contributed by atoms with van der Waals surface area (Å²) in [7, 11) is 2.26. The van der Waals surface area contributed by atoms with Crippen LogP contribution in [-0.2, 0) is 11.4 Å². The number of likely N-dealkylation sites (tertiary alicyclic amines) is 1. The molecule has 1 saturated heterocycles. The zero-order valence-corrected chi connectivity index (χ0v) is 14.5. The highest BCUT2D eigenvalue weighted by Crippen LogP contribution is 2.50. The van der Waals surface area contributed by atoms with Crippen molar-refractivity contribution in [3.8, 4) is 0 Å². The molecule has 2 N–H and O–H groups in total. The second-order valence-electron chi connectivity index (χ2n) is 6.57. The molecular weight excluding hydrogens is 310 g/mol. The van der Waals surface area contributed by atoms with Crippen molar-refractivity contribution in [1.29, 1.82) is 0 Å². The van der Waals surface area contributed by atoms with Gasteiger partial charge >= 0.3 is 0 Å². The summed E-state index contributed by atoms with van der Waals surface area (Å²) < 4.78 is 1.30. The minimum atomic E-state index is -0.809. The van der Waals surface area contributed by atoms with Gasteiger partial charge in [-0.3, -0.25) is 0 Å². The molecule has 0 amide bonds. The molecule has 0 unspecified atom stereocenters. The van der Waals surface area contributed by atoms with Gasteiger partial charge in [0.1, 0.15) is 5.60 Å². The number of nitrogens with one attached hydrogen (secondary N) is 1. The third kappa shape index (κ3) is 2.24. The number of piperidine rings is 1. The van der Waals surface area contributed by atoms with Gasteiger partial charge < -0.3 is 10.0 Å². The van der Waals surface area contributed by atoms with Gasteiger partial charge in [0.15, 0.2) is 0 Å². The number of hydrogen-bond donors (Lipinski definition) is 2. The normalized spacial score (nSPS) is 31.2. The van der Waals surface area contributed by atoms with Gasteiger partial charge in [0.25, 0.3) is 0 Å². The van der Waals surface area contributed by atoms with Crippen molar-refractivity contribution in [2.45, 2.75) is 28.4 Å². The van der Waals surface area contributed by atoms with Crippen LogP contribution in [0.2, 0.25) is 0 Å². The summed E-state index contributed by atoms with van der Waals surface area (Å²) >= 11 is 3.65. The van der Waals surface area contributed by atoms with Crippen LogP contribution in [0.3, 0.4) is 0 Å². The number of rotatable bonds is 1. The van der Waals surface area contributed by atoms with E-state index in [1.807, 2.05) is 11.8 Å². The lowest BCUT2D eigenvalue weighted by Crippen LogP contribution is -3.10. The number of fused-ring (bicyclic) bond motifs is 2. The van der Waals surface area contributed by atoms with Crippen molar-refractivity contribution in [3.05, 3.63) is 52.4 Å². The zero-order chi connectivity index (χ0) is 15.2. The Morgan fingerprint density at radius 1 is 1.14 bits per heavy atom. The van der Waals surface area contributed by atoms with Crippen LogP contribution in [0.25, 0.3) is 0 Å². The maximum Gasteiger partial charge on any atom is 0.120 e. The molecule has 0 radical (unpaired) electrons. The molecule has 116 valence electrons. The molecule has 1 atom stereocenters. The second-order valence-corrected chi connectivity index (χ2v) is 8.73. The molecule has 1 fully saturated rings. The Morgan fingerprint density at radius 2 is 1.91 bits per heavy atom. The minimum absolute atomic E-state index is 0.324. The summed E-state index contributed by atoms with van der Waals surface area (Å²) in [6, 6.07) is 10.7. The summed E-state index contributed by atoms with van der Waals surface area (Å²) in [4.78, 5) is 1.58. The number of aliphatic hydroxyl groups is 1. The molecule has 0 saturated carbocycles. The molecule has 2 aliphatic heterocycles. The van der Waals surface area contributed by atoms with Crippen molar-refractivity contribution in [2.24, 2.45) is 5.92 Å². The number of benzene rings is 1. The minimum Gasteiger partial charge on any atom is -0.380 e. The molecule has 0 spiro atoms. The Labute approximate surface area is 140 Å². The highest BCUT2D eigenvalue weighted by atomic mass is 32.2. The largest absolute Gasteiger partial charge is 0.380 e. The van der Waals surface area contributed by atoms with E-state index < -0.39 is 5.60 Å². The van der Waals surface area contributed by atoms with E-state index in [2.05, 4.69) is 42.8 Å². The molecule has 2 aliphatic rings. The quantitative estimate of drug-likeness (QED) is 0.839. The summed E-state index contributed by atoms with van der Waals surface area (Å²) in [5, 5.41) is 14.1. The van der Waals surface area contributed by atoms with Crippen molar-refractivity contribution < 1.29 is 10.0 Å². The Kier molecular flexibility index (Phi) is 3.81. The molecule has 1 aromatic carbocycles. The lowest BCUT2D eigenvalue weighted by Gasteiger charge is -2.40. The van der Waals surface area contributed by atoms with E-state index >= 15 is 0 Å². The average molecular weight is 333 g/mol. The summed E-state index contributed by atoms with van der Waals surface area (Å²) in [5.41, 5.74) is 2.78. The molecule has 4 rings (SSSR count). The van der Waals surface area contributed by atoms with Crippen molar-refractivity contribution >= 4 is 23.1 Å². The molecule has 2 aromatic rings. The lowest BCUT2D eigenvalue weighted by molar-refractivity contribution is -0.886. The van der Waals surface area contributed by atoms with Crippen molar-refractivity contribution in [2.75, 3.05) is 20.1 Å². The highest BCUT2D eigenvalue weighted by molar-refractivity contribution is 8.00. The fourth-order valence-corrected chi connectivity index (χ4v) is 6.18. The molecule has 1 aromatic heterocycles. The molecule has 3 heterocycles.